The van der Waals surface area contributed by atoms with Crippen molar-refractivity contribution in [2.75, 3.05) is 19.9 Å². The summed E-state index contributed by atoms with van der Waals surface area (Å²) in [6.45, 7) is 2.58. The van der Waals surface area contributed by atoms with Crippen molar-refractivity contribution in [3.63, 3.8) is 0 Å². The van der Waals surface area contributed by atoms with Crippen LogP contribution in [0.1, 0.15) is 13.3 Å². The van der Waals surface area contributed by atoms with Crippen molar-refractivity contribution in [3.8, 4) is 0 Å². The van der Waals surface area contributed by atoms with Crippen LogP contribution in [0.25, 0.3) is 0 Å². The van der Waals surface area contributed by atoms with Gasteiger partial charge in [-0.25, -0.2) is 4.39 Å². The van der Waals surface area contributed by atoms with E-state index in [4.69, 9.17) is 4.74 Å². The van der Waals surface area contributed by atoms with Gasteiger partial charge in [-0.2, -0.15) is 0 Å². The molecule has 0 aromatic heterocycles. The van der Waals surface area contributed by atoms with E-state index in [1.165, 1.54) is 0 Å². The highest BCUT2D eigenvalue weighted by Crippen LogP contribution is 1.78. The molecule has 0 aromatic rings. The van der Waals surface area contributed by atoms with Crippen LogP contribution >= 0.6 is 0 Å². The molecule has 0 heterocycles. The summed E-state index contributed by atoms with van der Waals surface area (Å²) < 4.78 is 15.9. The van der Waals surface area contributed by atoms with Crippen molar-refractivity contribution in [3.05, 3.63) is 0 Å². The molecular formula is C5H11FO. The maximum Gasteiger partial charge on any atom is 0.113 e. The number of hydrogen-bond donors (Lipinski definition) is 0. The van der Waals surface area contributed by atoms with Crippen molar-refractivity contribution >= 4 is 0 Å². The molecular weight excluding hydrogens is 95.1 g/mol. The van der Waals surface area contributed by atoms with E-state index in [9.17, 15) is 4.39 Å². The third-order valence-corrected chi connectivity index (χ3v) is 0.570. The highest BCUT2D eigenvalue weighted by Gasteiger charge is 1.80. The lowest BCUT2D eigenvalue weighted by Crippen LogP contribution is -1.95. The van der Waals surface area contributed by atoms with Gasteiger partial charge in [0.1, 0.15) is 6.67 Å². The molecule has 0 aromatic carbocycles. The average Bonchev–Trinajstić information content (AvgIpc) is 1.69. The number of halogens is 1. The summed E-state index contributed by atoms with van der Waals surface area (Å²) in [7, 11) is 0. The minimum atomic E-state index is -0.361. The average molecular weight is 106 g/mol. The first-order valence-electron chi connectivity index (χ1n) is 2.55. The summed E-state index contributed by atoms with van der Waals surface area (Å²) >= 11 is 0. The molecule has 0 N–H and O–H groups in total. The Morgan fingerprint density at radius 2 is 2.14 bits per heavy atom. The Bertz CT molecular complexity index is 27.3. The summed E-state index contributed by atoms with van der Waals surface area (Å²) in [4.78, 5) is 0. The lowest BCUT2D eigenvalue weighted by Gasteiger charge is -1.93. The van der Waals surface area contributed by atoms with Crippen molar-refractivity contribution in [1.82, 2.24) is 0 Å². The number of ether oxygens (including phenoxy) is 1. The van der Waals surface area contributed by atoms with E-state index in [-0.39, 0.29) is 13.3 Å². The van der Waals surface area contributed by atoms with Gasteiger partial charge in [-0.05, 0) is 6.42 Å². The first-order chi connectivity index (χ1) is 3.41. The van der Waals surface area contributed by atoms with Crippen molar-refractivity contribution in [2.45, 2.75) is 13.3 Å². The van der Waals surface area contributed by atoms with Crippen LogP contribution < -0.4 is 0 Å². The van der Waals surface area contributed by atoms with E-state index < -0.39 is 0 Å². The van der Waals surface area contributed by atoms with Crippen LogP contribution in [0, 0.1) is 0 Å². The van der Waals surface area contributed by atoms with Crippen LogP contribution in [0.15, 0.2) is 0 Å². The van der Waals surface area contributed by atoms with Crippen LogP contribution in [0.2, 0.25) is 0 Å². The molecule has 0 atom stereocenters. The van der Waals surface area contributed by atoms with Crippen molar-refractivity contribution in [1.29, 1.82) is 0 Å². The molecule has 0 unspecified atom stereocenters. The van der Waals surface area contributed by atoms with E-state index in [2.05, 4.69) is 0 Å². The monoisotopic (exact) mass is 106 g/mol. The van der Waals surface area contributed by atoms with Crippen LogP contribution in [-0.4, -0.2) is 19.9 Å². The van der Waals surface area contributed by atoms with E-state index in [1.54, 1.807) is 0 Å². The second-order valence-corrected chi connectivity index (χ2v) is 1.30. The Balaban J connectivity index is 2.45. The molecule has 0 bridgehead atoms. The maximum absolute atomic E-state index is 11.2. The van der Waals surface area contributed by atoms with Crippen LogP contribution in [0.5, 0.6) is 0 Å². The van der Waals surface area contributed by atoms with Crippen LogP contribution in [0.4, 0.5) is 4.39 Å². The minimum absolute atomic E-state index is 0.258. The van der Waals surface area contributed by atoms with Gasteiger partial charge in [0.05, 0.1) is 6.61 Å². The fraction of sp³-hybridized carbons (Fsp3) is 1.00. The number of alkyl halides is 1. The lowest BCUT2D eigenvalue weighted by molar-refractivity contribution is 0.119. The largest absolute Gasteiger partial charge is 0.379 e. The van der Waals surface area contributed by atoms with Gasteiger partial charge in [-0.3, -0.25) is 0 Å². The predicted molar refractivity (Wildman–Crippen MR) is 27.1 cm³/mol. The maximum atomic E-state index is 11.2. The van der Waals surface area contributed by atoms with Crippen LogP contribution in [0.3, 0.4) is 0 Å². The van der Waals surface area contributed by atoms with E-state index in [1.807, 2.05) is 6.92 Å². The third kappa shape index (κ3) is 5.89. The number of hydrogen-bond acceptors (Lipinski definition) is 1. The second-order valence-electron chi connectivity index (χ2n) is 1.30. The molecule has 0 aliphatic carbocycles. The zero-order valence-corrected chi connectivity index (χ0v) is 4.61. The second kappa shape index (κ2) is 5.89. The van der Waals surface area contributed by atoms with Crippen LogP contribution in [-0.2, 0) is 4.74 Å². The Morgan fingerprint density at radius 3 is 2.57 bits per heavy atom. The molecule has 7 heavy (non-hydrogen) atoms. The molecule has 0 radical (unpaired) electrons. The first kappa shape index (κ1) is 6.89. The Labute approximate surface area is 43.5 Å². The molecule has 2 heteroatoms. The highest BCUT2D eigenvalue weighted by molar-refractivity contribution is 4.25. The molecule has 0 saturated carbocycles. The van der Waals surface area contributed by atoms with Gasteiger partial charge in [0, 0.05) is 6.61 Å². The van der Waals surface area contributed by atoms with E-state index in [0.717, 1.165) is 6.42 Å². The van der Waals surface area contributed by atoms with E-state index >= 15 is 0 Å². The third-order valence-electron chi connectivity index (χ3n) is 0.570. The molecule has 0 rings (SSSR count). The van der Waals surface area contributed by atoms with Gasteiger partial charge in [-0.1, -0.05) is 6.92 Å². The predicted octanol–water partition coefficient (Wildman–Crippen LogP) is 1.38. The molecule has 0 fully saturated rings. The fourth-order valence-electron chi connectivity index (χ4n) is 0.301. The lowest BCUT2D eigenvalue weighted by atomic mass is 10.5. The summed E-state index contributed by atoms with van der Waals surface area (Å²) in [5, 5.41) is 0. The summed E-state index contributed by atoms with van der Waals surface area (Å²) in [6.07, 6.45) is 0.972. The van der Waals surface area contributed by atoms with Crippen molar-refractivity contribution in [2.24, 2.45) is 0 Å². The normalized spacial score (nSPS) is 9.43. The fourth-order valence-corrected chi connectivity index (χ4v) is 0.301. The molecule has 0 spiro atoms. The van der Waals surface area contributed by atoms with Gasteiger partial charge in [-0.15, -0.1) is 0 Å². The molecule has 44 valence electrons. The van der Waals surface area contributed by atoms with Crippen molar-refractivity contribution < 1.29 is 9.13 Å². The molecule has 0 aliphatic rings. The van der Waals surface area contributed by atoms with Gasteiger partial charge < -0.3 is 4.74 Å². The first-order valence-corrected chi connectivity index (χ1v) is 2.55. The summed E-state index contributed by atoms with van der Waals surface area (Å²) in [5.74, 6) is 0. The van der Waals surface area contributed by atoms with Gasteiger partial charge in [0.25, 0.3) is 0 Å². The standard InChI is InChI=1S/C5H11FO/c1-2-4-7-5-3-6/h2-5H2,1H3/i6+0. The SMILES string of the molecule is CCCOCC[19F]. The molecule has 0 aliphatic heterocycles. The van der Waals surface area contributed by atoms with Gasteiger partial charge in [0.2, 0.25) is 0 Å². The molecule has 0 saturated heterocycles. The quantitative estimate of drug-likeness (QED) is 0.492. The van der Waals surface area contributed by atoms with Gasteiger partial charge >= 0.3 is 0 Å². The Morgan fingerprint density at radius 1 is 1.43 bits per heavy atom. The zero-order valence-electron chi connectivity index (χ0n) is 4.61. The smallest absolute Gasteiger partial charge is 0.113 e. The topological polar surface area (TPSA) is 9.23 Å². The highest BCUT2D eigenvalue weighted by atomic mass is 19.1. The Hall–Kier alpha value is -0.110. The molecule has 0 amide bonds. The summed E-state index contributed by atoms with van der Waals surface area (Å²) in [6, 6.07) is 0. The number of rotatable bonds is 4. The minimum Gasteiger partial charge on any atom is -0.379 e. The van der Waals surface area contributed by atoms with E-state index in [0.29, 0.717) is 6.61 Å². The Kier molecular flexibility index (Phi) is 5.80. The zero-order chi connectivity index (χ0) is 5.54. The molecule has 1 nitrogen and oxygen atoms in total. The van der Waals surface area contributed by atoms with Gasteiger partial charge in [0.15, 0.2) is 0 Å². The summed E-state index contributed by atoms with van der Waals surface area (Å²) in [5.41, 5.74) is 0.